The van der Waals surface area contributed by atoms with Crippen molar-refractivity contribution in [2.24, 2.45) is 0 Å². The van der Waals surface area contributed by atoms with Crippen molar-refractivity contribution in [3.05, 3.63) is 89.7 Å². The van der Waals surface area contributed by atoms with Crippen LogP contribution in [0, 0.1) is 0 Å². The fraction of sp³-hybridized carbons (Fsp3) is 0.148. The maximum Gasteiger partial charge on any atom is 0.235 e. The molecule has 1 N–H and O–H groups in total. The number of anilines is 4. The van der Waals surface area contributed by atoms with Gasteiger partial charge in [0.25, 0.3) is 0 Å². The van der Waals surface area contributed by atoms with Gasteiger partial charge in [0.05, 0.1) is 21.3 Å². The Morgan fingerprint density at radius 3 is 2.22 bits per heavy atom. The number of rotatable bonds is 10. The molecule has 0 spiro atoms. The van der Waals surface area contributed by atoms with E-state index in [1.165, 1.54) is 6.33 Å². The van der Waals surface area contributed by atoms with Gasteiger partial charge in [-0.25, -0.2) is 9.97 Å². The molecular weight excluding hydrogens is 478 g/mol. The number of hydrogen-bond donors (Lipinski definition) is 1. The van der Waals surface area contributed by atoms with Gasteiger partial charge in [-0.05, 0) is 29.8 Å². The van der Waals surface area contributed by atoms with E-state index in [2.05, 4.69) is 32.4 Å². The van der Waals surface area contributed by atoms with Crippen molar-refractivity contribution < 1.29 is 14.2 Å². The SMILES string of the molecule is COc1cc(Nc2ncnc(N(CC=Cc3ccccc3)c3ccc(Cl)cc3)n2)cc(OC)c1OC. The van der Waals surface area contributed by atoms with Crippen LogP contribution in [0.2, 0.25) is 5.02 Å². The molecule has 0 amide bonds. The van der Waals surface area contributed by atoms with Crippen molar-refractivity contribution in [2.45, 2.75) is 0 Å². The molecule has 3 aromatic carbocycles. The van der Waals surface area contributed by atoms with E-state index in [0.717, 1.165) is 11.3 Å². The van der Waals surface area contributed by atoms with Crippen molar-refractivity contribution >= 4 is 40.9 Å². The summed E-state index contributed by atoms with van der Waals surface area (Å²) in [5.74, 6) is 2.37. The smallest absolute Gasteiger partial charge is 0.235 e. The zero-order valence-corrected chi connectivity index (χ0v) is 20.9. The van der Waals surface area contributed by atoms with Gasteiger partial charge in [0.1, 0.15) is 6.33 Å². The van der Waals surface area contributed by atoms with E-state index >= 15 is 0 Å². The molecule has 1 aromatic heterocycles. The Balaban J connectivity index is 1.63. The predicted molar refractivity (Wildman–Crippen MR) is 143 cm³/mol. The Hall–Kier alpha value is -4.30. The second-order valence-electron chi connectivity index (χ2n) is 7.55. The average molecular weight is 504 g/mol. The summed E-state index contributed by atoms with van der Waals surface area (Å²) in [5, 5.41) is 3.85. The van der Waals surface area contributed by atoms with Crippen LogP contribution >= 0.6 is 11.6 Å². The lowest BCUT2D eigenvalue weighted by Gasteiger charge is -2.21. The zero-order chi connectivity index (χ0) is 25.3. The minimum Gasteiger partial charge on any atom is -0.493 e. The summed E-state index contributed by atoms with van der Waals surface area (Å²) in [6.45, 7) is 0.532. The third-order valence-corrected chi connectivity index (χ3v) is 5.51. The van der Waals surface area contributed by atoms with E-state index < -0.39 is 0 Å². The van der Waals surface area contributed by atoms with E-state index in [-0.39, 0.29) is 0 Å². The van der Waals surface area contributed by atoms with E-state index in [9.17, 15) is 0 Å². The van der Waals surface area contributed by atoms with E-state index in [0.29, 0.717) is 46.4 Å². The van der Waals surface area contributed by atoms with Gasteiger partial charge in [0, 0.05) is 35.1 Å². The standard InChI is InChI=1S/C27H26ClN5O3/c1-34-23-16-21(17-24(35-2)25(23)36-3)31-26-29-18-30-27(32-26)33(22-13-11-20(28)12-14-22)15-7-10-19-8-5-4-6-9-19/h4-14,16-18H,15H2,1-3H3,(H,29,30,31,32). The summed E-state index contributed by atoms with van der Waals surface area (Å²) >= 11 is 6.12. The van der Waals surface area contributed by atoms with Gasteiger partial charge >= 0.3 is 0 Å². The number of aromatic nitrogens is 3. The van der Waals surface area contributed by atoms with Gasteiger partial charge in [-0.2, -0.15) is 4.98 Å². The lowest BCUT2D eigenvalue weighted by Crippen LogP contribution is -2.20. The summed E-state index contributed by atoms with van der Waals surface area (Å²) in [7, 11) is 4.69. The normalized spacial score (nSPS) is 10.8. The second kappa shape index (κ2) is 11.9. The Morgan fingerprint density at radius 2 is 1.58 bits per heavy atom. The van der Waals surface area contributed by atoms with Gasteiger partial charge in [0.2, 0.25) is 17.6 Å². The Morgan fingerprint density at radius 1 is 0.889 bits per heavy atom. The molecule has 184 valence electrons. The number of methoxy groups -OCH3 is 3. The Labute approximate surface area is 215 Å². The highest BCUT2D eigenvalue weighted by Crippen LogP contribution is 2.40. The first kappa shape index (κ1) is 24.8. The summed E-state index contributed by atoms with van der Waals surface area (Å²) in [4.78, 5) is 15.4. The van der Waals surface area contributed by atoms with Crippen LogP contribution in [0.25, 0.3) is 6.08 Å². The molecule has 0 saturated carbocycles. The molecule has 0 aliphatic heterocycles. The molecule has 0 radical (unpaired) electrons. The number of nitrogens with zero attached hydrogens (tertiary/aromatic N) is 4. The minimum atomic E-state index is 0.361. The number of benzene rings is 3. The van der Waals surface area contributed by atoms with Crippen molar-refractivity contribution in [1.29, 1.82) is 0 Å². The molecule has 0 aliphatic rings. The van der Waals surface area contributed by atoms with Gasteiger partial charge in [0.15, 0.2) is 11.5 Å². The van der Waals surface area contributed by atoms with Crippen LogP contribution in [0.5, 0.6) is 17.2 Å². The fourth-order valence-corrected chi connectivity index (χ4v) is 3.67. The number of nitrogens with one attached hydrogen (secondary N) is 1. The van der Waals surface area contributed by atoms with Gasteiger partial charge in [-0.1, -0.05) is 54.1 Å². The molecule has 0 fully saturated rings. The number of hydrogen-bond acceptors (Lipinski definition) is 8. The molecule has 0 aliphatic carbocycles. The molecular formula is C27H26ClN5O3. The van der Waals surface area contributed by atoms with Crippen LogP contribution in [-0.4, -0.2) is 42.8 Å². The Bertz CT molecular complexity index is 1290. The molecule has 9 heteroatoms. The lowest BCUT2D eigenvalue weighted by molar-refractivity contribution is 0.324. The molecule has 0 atom stereocenters. The first-order valence-electron chi connectivity index (χ1n) is 11.1. The summed E-state index contributed by atoms with van der Waals surface area (Å²) in [6, 6.07) is 21.2. The van der Waals surface area contributed by atoms with E-state index in [4.69, 9.17) is 25.8 Å². The molecule has 0 unspecified atom stereocenters. The van der Waals surface area contributed by atoms with Crippen LogP contribution in [0.1, 0.15) is 5.56 Å². The fourth-order valence-electron chi connectivity index (χ4n) is 3.54. The third kappa shape index (κ3) is 6.03. The Kier molecular flexibility index (Phi) is 8.20. The predicted octanol–water partition coefficient (Wildman–Crippen LogP) is 6.15. The molecule has 4 aromatic rings. The van der Waals surface area contributed by atoms with Gasteiger partial charge in [-0.3, -0.25) is 0 Å². The molecule has 4 rings (SSSR count). The van der Waals surface area contributed by atoms with Crippen LogP contribution in [0.3, 0.4) is 0 Å². The van der Waals surface area contributed by atoms with Crippen LogP contribution in [0.15, 0.2) is 79.1 Å². The second-order valence-corrected chi connectivity index (χ2v) is 7.98. The topological polar surface area (TPSA) is 81.6 Å². The van der Waals surface area contributed by atoms with Crippen molar-refractivity contribution in [2.75, 3.05) is 38.1 Å². The first-order chi connectivity index (χ1) is 17.6. The summed E-state index contributed by atoms with van der Waals surface area (Å²) < 4.78 is 16.3. The molecule has 8 nitrogen and oxygen atoms in total. The van der Waals surface area contributed by atoms with Crippen molar-refractivity contribution in [3.8, 4) is 17.2 Å². The van der Waals surface area contributed by atoms with E-state index in [1.54, 1.807) is 33.5 Å². The van der Waals surface area contributed by atoms with Crippen LogP contribution in [-0.2, 0) is 0 Å². The third-order valence-electron chi connectivity index (χ3n) is 5.26. The maximum absolute atomic E-state index is 6.12. The number of halogens is 1. The van der Waals surface area contributed by atoms with Crippen molar-refractivity contribution in [3.63, 3.8) is 0 Å². The highest BCUT2D eigenvalue weighted by Gasteiger charge is 2.16. The lowest BCUT2D eigenvalue weighted by atomic mass is 10.2. The minimum absolute atomic E-state index is 0.361. The highest BCUT2D eigenvalue weighted by molar-refractivity contribution is 6.30. The zero-order valence-electron chi connectivity index (χ0n) is 20.2. The van der Waals surface area contributed by atoms with Gasteiger partial charge in [-0.15, -0.1) is 0 Å². The largest absolute Gasteiger partial charge is 0.493 e. The molecule has 1 heterocycles. The van der Waals surface area contributed by atoms with Gasteiger partial charge < -0.3 is 24.4 Å². The average Bonchev–Trinajstić information content (AvgIpc) is 2.92. The van der Waals surface area contributed by atoms with Crippen molar-refractivity contribution in [1.82, 2.24) is 15.0 Å². The molecule has 0 saturated heterocycles. The van der Waals surface area contributed by atoms with Crippen LogP contribution in [0.4, 0.5) is 23.3 Å². The summed E-state index contributed by atoms with van der Waals surface area (Å²) in [6.07, 6.45) is 5.58. The summed E-state index contributed by atoms with van der Waals surface area (Å²) in [5.41, 5.74) is 2.67. The molecule has 0 bridgehead atoms. The quantitative estimate of drug-likeness (QED) is 0.276. The van der Waals surface area contributed by atoms with E-state index in [1.807, 2.05) is 59.5 Å². The number of ether oxygens (including phenoxy) is 3. The highest BCUT2D eigenvalue weighted by atomic mass is 35.5. The first-order valence-corrected chi connectivity index (χ1v) is 11.5. The molecule has 36 heavy (non-hydrogen) atoms. The maximum atomic E-state index is 6.12. The van der Waals surface area contributed by atoms with Crippen LogP contribution < -0.4 is 24.4 Å². The monoisotopic (exact) mass is 503 g/mol.